The van der Waals surface area contributed by atoms with Crippen LogP contribution in [0.4, 0.5) is 4.39 Å². The summed E-state index contributed by atoms with van der Waals surface area (Å²) in [5.41, 5.74) is 2.33. The van der Waals surface area contributed by atoms with Crippen molar-refractivity contribution in [3.05, 3.63) is 72.2 Å². The monoisotopic (exact) mass is 429 g/mol. The number of carbonyl (C=O) groups is 1. The SMILES string of the molecule is CNCc1cc(-c2ccccc2F)n(Sc2cccc(OCC(=O)NCCO)c2)c1. The molecule has 6 nitrogen and oxygen atoms in total. The third-order valence-corrected chi connectivity index (χ3v) is 5.15. The van der Waals surface area contributed by atoms with E-state index < -0.39 is 0 Å². The molecule has 2 aromatic carbocycles. The number of aromatic nitrogens is 1. The Bertz CT molecular complexity index is 993. The number of hydrogen-bond acceptors (Lipinski definition) is 5. The van der Waals surface area contributed by atoms with Gasteiger partial charge in [-0.25, -0.2) is 4.39 Å². The van der Waals surface area contributed by atoms with E-state index >= 15 is 0 Å². The fourth-order valence-corrected chi connectivity index (χ4v) is 3.84. The predicted molar refractivity (Wildman–Crippen MR) is 116 cm³/mol. The average molecular weight is 430 g/mol. The van der Waals surface area contributed by atoms with Gasteiger partial charge in [0, 0.05) is 29.7 Å². The molecule has 0 radical (unpaired) electrons. The highest BCUT2D eigenvalue weighted by molar-refractivity contribution is 7.98. The van der Waals surface area contributed by atoms with Gasteiger partial charge in [0.25, 0.3) is 5.91 Å². The first-order valence-corrected chi connectivity index (χ1v) is 10.3. The van der Waals surface area contributed by atoms with Crippen molar-refractivity contribution in [3.63, 3.8) is 0 Å². The molecule has 0 spiro atoms. The van der Waals surface area contributed by atoms with Crippen LogP contribution < -0.4 is 15.4 Å². The molecule has 0 saturated heterocycles. The van der Waals surface area contributed by atoms with Gasteiger partial charge >= 0.3 is 0 Å². The molecule has 0 atom stereocenters. The lowest BCUT2D eigenvalue weighted by molar-refractivity contribution is -0.123. The lowest BCUT2D eigenvalue weighted by Gasteiger charge is -2.11. The molecule has 0 aliphatic rings. The fraction of sp³-hybridized carbons (Fsp3) is 0.227. The summed E-state index contributed by atoms with van der Waals surface area (Å²) in [6, 6.07) is 16.0. The first-order chi connectivity index (χ1) is 14.6. The Morgan fingerprint density at radius 1 is 1.20 bits per heavy atom. The molecule has 0 unspecified atom stereocenters. The molecule has 1 amide bonds. The average Bonchev–Trinajstić information content (AvgIpc) is 3.13. The minimum atomic E-state index is -0.300. The minimum Gasteiger partial charge on any atom is -0.484 e. The topological polar surface area (TPSA) is 75.5 Å². The summed E-state index contributed by atoms with van der Waals surface area (Å²) in [5, 5.41) is 14.4. The second-order valence-corrected chi connectivity index (χ2v) is 7.55. The number of halogens is 1. The van der Waals surface area contributed by atoms with Gasteiger partial charge in [-0.1, -0.05) is 18.2 Å². The Morgan fingerprint density at radius 2 is 2.03 bits per heavy atom. The van der Waals surface area contributed by atoms with E-state index in [9.17, 15) is 9.18 Å². The Labute approximate surface area is 179 Å². The first-order valence-electron chi connectivity index (χ1n) is 9.50. The van der Waals surface area contributed by atoms with Crippen molar-refractivity contribution < 1.29 is 19.0 Å². The molecule has 0 aliphatic heterocycles. The summed E-state index contributed by atoms with van der Waals surface area (Å²) < 4.78 is 21.9. The summed E-state index contributed by atoms with van der Waals surface area (Å²) in [4.78, 5) is 12.5. The number of aliphatic hydroxyl groups excluding tert-OH is 1. The van der Waals surface area contributed by atoms with E-state index in [1.807, 2.05) is 47.5 Å². The van der Waals surface area contributed by atoms with E-state index in [1.165, 1.54) is 18.0 Å². The van der Waals surface area contributed by atoms with Gasteiger partial charge in [0.15, 0.2) is 6.61 Å². The second kappa shape index (κ2) is 10.8. The number of rotatable bonds is 10. The van der Waals surface area contributed by atoms with Crippen molar-refractivity contribution in [1.82, 2.24) is 14.6 Å². The Hall–Kier alpha value is -2.81. The number of aliphatic hydroxyl groups is 1. The van der Waals surface area contributed by atoms with Crippen LogP contribution in [-0.2, 0) is 11.3 Å². The van der Waals surface area contributed by atoms with Crippen LogP contribution in [0.15, 0.2) is 65.7 Å². The van der Waals surface area contributed by atoms with Crippen LogP contribution >= 0.6 is 11.9 Å². The number of ether oxygens (including phenoxy) is 1. The first kappa shape index (κ1) is 21.9. The van der Waals surface area contributed by atoms with Crippen molar-refractivity contribution in [2.75, 3.05) is 26.8 Å². The van der Waals surface area contributed by atoms with Crippen molar-refractivity contribution in [2.45, 2.75) is 11.4 Å². The normalized spacial score (nSPS) is 10.8. The molecule has 30 heavy (non-hydrogen) atoms. The summed E-state index contributed by atoms with van der Waals surface area (Å²) in [5.74, 6) is -0.0281. The zero-order valence-corrected chi connectivity index (χ0v) is 17.4. The van der Waals surface area contributed by atoms with Gasteiger partial charge < -0.3 is 20.5 Å². The molecule has 0 saturated carbocycles. The molecule has 3 N–H and O–H groups in total. The standard InChI is InChI=1S/C22H24FN3O3S/c1-24-13-16-11-21(19-7-2-3-8-20(19)23)26(14-16)30-18-6-4-5-17(12-18)29-15-22(28)25-9-10-27/h2-8,11-12,14,24,27H,9-10,13,15H2,1H3,(H,25,28). The fourth-order valence-electron chi connectivity index (χ4n) is 2.87. The highest BCUT2D eigenvalue weighted by Crippen LogP contribution is 2.33. The van der Waals surface area contributed by atoms with E-state index in [0.717, 1.165) is 16.2 Å². The number of hydrogen-bond donors (Lipinski definition) is 3. The van der Waals surface area contributed by atoms with Crippen LogP contribution in [0, 0.1) is 5.82 Å². The lowest BCUT2D eigenvalue weighted by Crippen LogP contribution is -2.31. The summed E-state index contributed by atoms with van der Waals surface area (Å²) in [7, 11) is 1.87. The van der Waals surface area contributed by atoms with E-state index in [2.05, 4.69) is 10.6 Å². The molecule has 3 aromatic rings. The van der Waals surface area contributed by atoms with Crippen LogP contribution in [0.1, 0.15) is 5.56 Å². The number of nitrogens with zero attached hydrogens (tertiary/aromatic N) is 1. The number of nitrogens with one attached hydrogen (secondary N) is 2. The third-order valence-electron chi connectivity index (χ3n) is 4.19. The quantitative estimate of drug-likeness (QED) is 0.462. The largest absolute Gasteiger partial charge is 0.484 e. The van der Waals surface area contributed by atoms with Crippen molar-refractivity contribution >= 4 is 17.9 Å². The molecule has 1 aromatic heterocycles. The molecular weight excluding hydrogens is 405 g/mol. The van der Waals surface area contributed by atoms with E-state index in [4.69, 9.17) is 9.84 Å². The van der Waals surface area contributed by atoms with Crippen molar-refractivity contribution in [1.29, 1.82) is 0 Å². The van der Waals surface area contributed by atoms with E-state index in [-0.39, 0.29) is 31.5 Å². The second-order valence-electron chi connectivity index (χ2n) is 6.50. The van der Waals surface area contributed by atoms with Gasteiger partial charge in [0.1, 0.15) is 11.6 Å². The van der Waals surface area contributed by atoms with Gasteiger partial charge in [0.05, 0.1) is 12.3 Å². The van der Waals surface area contributed by atoms with Crippen LogP contribution in [-0.4, -0.2) is 41.8 Å². The van der Waals surface area contributed by atoms with Crippen molar-refractivity contribution in [3.8, 4) is 17.0 Å². The van der Waals surface area contributed by atoms with Crippen molar-refractivity contribution in [2.24, 2.45) is 0 Å². The Morgan fingerprint density at radius 3 is 2.80 bits per heavy atom. The lowest BCUT2D eigenvalue weighted by atomic mass is 10.1. The van der Waals surface area contributed by atoms with Gasteiger partial charge in [-0.15, -0.1) is 0 Å². The van der Waals surface area contributed by atoms with E-state index in [0.29, 0.717) is 17.9 Å². The number of amides is 1. The maximum absolute atomic E-state index is 14.4. The van der Waals surface area contributed by atoms with Gasteiger partial charge in [-0.3, -0.25) is 8.77 Å². The molecule has 0 aliphatic carbocycles. The maximum atomic E-state index is 14.4. The Kier molecular flexibility index (Phi) is 7.89. The van der Waals surface area contributed by atoms with Crippen LogP contribution in [0.25, 0.3) is 11.3 Å². The van der Waals surface area contributed by atoms with Gasteiger partial charge in [-0.05, 0) is 61.0 Å². The zero-order chi connectivity index (χ0) is 21.3. The summed E-state index contributed by atoms with van der Waals surface area (Å²) in [6.07, 6.45) is 1.97. The molecule has 3 rings (SSSR count). The van der Waals surface area contributed by atoms with Gasteiger partial charge in [0.2, 0.25) is 0 Å². The van der Waals surface area contributed by atoms with E-state index in [1.54, 1.807) is 18.2 Å². The third kappa shape index (κ3) is 5.85. The number of benzene rings is 2. The smallest absolute Gasteiger partial charge is 0.258 e. The predicted octanol–water partition coefficient (Wildman–Crippen LogP) is 3.06. The summed E-state index contributed by atoms with van der Waals surface area (Å²) in [6.45, 7) is 0.611. The van der Waals surface area contributed by atoms with Crippen LogP contribution in [0.5, 0.6) is 5.75 Å². The Balaban J connectivity index is 1.79. The molecule has 8 heteroatoms. The summed E-state index contributed by atoms with van der Waals surface area (Å²) >= 11 is 1.44. The molecule has 0 fully saturated rings. The zero-order valence-electron chi connectivity index (χ0n) is 16.6. The van der Waals surface area contributed by atoms with Crippen LogP contribution in [0.2, 0.25) is 0 Å². The maximum Gasteiger partial charge on any atom is 0.258 e. The minimum absolute atomic E-state index is 0.116. The van der Waals surface area contributed by atoms with Gasteiger partial charge in [-0.2, -0.15) is 0 Å². The molecule has 158 valence electrons. The van der Waals surface area contributed by atoms with Crippen LogP contribution in [0.3, 0.4) is 0 Å². The highest BCUT2D eigenvalue weighted by atomic mass is 32.2. The number of carbonyl (C=O) groups excluding carboxylic acids is 1. The molecule has 1 heterocycles. The molecular formula is C22H24FN3O3S. The molecule has 0 bridgehead atoms. The highest BCUT2D eigenvalue weighted by Gasteiger charge is 2.13.